The summed E-state index contributed by atoms with van der Waals surface area (Å²) in [6.45, 7) is 8.03. The summed E-state index contributed by atoms with van der Waals surface area (Å²) in [7, 11) is 0. The van der Waals surface area contributed by atoms with E-state index < -0.39 is 0 Å². The van der Waals surface area contributed by atoms with Gasteiger partial charge in [-0.2, -0.15) is 0 Å². The van der Waals surface area contributed by atoms with Crippen LogP contribution in [0.1, 0.15) is 39.7 Å². The summed E-state index contributed by atoms with van der Waals surface area (Å²) in [6, 6.07) is 3.59. The van der Waals surface area contributed by atoms with Gasteiger partial charge >= 0.3 is 0 Å². The fourth-order valence-electron chi connectivity index (χ4n) is 2.14. The van der Waals surface area contributed by atoms with Crippen LogP contribution >= 0.6 is 23.2 Å². The zero-order chi connectivity index (χ0) is 14.8. The van der Waals surface area contributed by atoms with Crippen LogP contribution in [0.4, 0.5) is 5.69 Å². The number of Topliss-reactive ketones (excluding diaryl/α,β-unsaturated/α-hetero) is 1. The molecular weight excluding hydrogens is 281 g/mol. The number of anilines is 1. The molecule has 1 aromatic rings. The number of rotatable bonds is 4. The minimum Gasteiger partial charge on any atom is -0.396 e. The van der Waals surface area contributed by atoms with Crippen molar-refractivity contribution >= 4 is 34.7 Å². The number of hydrogen-bond acceptors (Lipinski definition) is 2. The fourth-order valence-corrected chi connectivity index (χ4v) is 2.67. The molecule has 0 amide bonds. The molecule has 1 atom stereocenters. The van der Waals surface area contributed by atoms with Gasteiger partial charge in [0, 0.05) is 5.92 Å². The molecule has 0 fully saturated rings. The highest BCUT2D eigenvalue weighted by molar-refractivity contribution is 6.38. The Morgan fingerprint density at radius 2 is 1.74 bits per heavy atom. The van der Waals surface area contributed by atoms with Gasteiger partial charge in [-0.05, 0) is 42.9 Å². The maximum atomic E-state index is 11.8. The second-order valence-electron chi connectivity index (χ2n) is 6.25. The van der Waals surface area contributed by atoms with E-state index in [0.29, 0.717) is 22.2 Å². The normalized spacial score (nSPS) is 13.4. The number of nitrogens with two attached hydrogens (primary N) is 1. The van der Waals surface area contributed by atoms with E-state index in [4.69, 9.17) is 28.9 Å². The van der Waals surface area contributed by atoms with Crippen molar-refractivity contribution in [1.82, 2.24) is 0 Å². The summed E-state index contributed by atoms with van der Waals surface area (Å²) in [4.78, 5) is 11.8. The molecular formula is C15H21Cl2NO. The number of halogens is 2. The van der Waals surface area contributed by atoms with Crippen molar-refractivity contribution in [3.05, 3.63) is 27.7 Å². The maximum absolute atomic E-state index is 11.8. The highest BCUT2D eigenvalue weighted by Gasteiger charge is 2.23. The molecule has 0 saturated carbocycles. The van der Waals surface area contributed by atoms with E-state index in [1.165, 1.54) is 0 Å². The molecule has 106 valence electrons. The van der Waals surface area contributed by atoms with E-state index in [0.717, 1.165) is 12.0 Å². The summed E-state index contributed by atoms with van der Waals surface area (Å²) in [5.74, 6) is 0.176. The minimum atomic E-state index is -0.0178. The first-order valence-corrected chi connectivity index (χ1v) is 7.09. The van der Waals surface area contributed by atoms with Crippen LogP contribution in [0.3, 0.4) is 0 Å². The number of benzene rings is 1. The van der Waals surface area contributed by atoms with Gasteiger partial charge in [0.1, 0.15) is 5.78 Å². The zero-order valence-corrected chi connectivity index (χ0v) is 13.4. The molecule has 1 unspecified atom stereocenters. The predicted molar refractivity (Wildman–Crippen MR) is 82.8 cm³/mol. The largest absolute Gasteiger partial charge is 0.396 e. The lowest BCUT2D eigenvalue weighted by Gasteiger charge is -2.24. The average Bonchev–Trinajstić information content (AvgIpc) is 2.22. The van der Waals surface area contributed by atoms with Crippen LogP contribution in [-0.4, -0.2) is 5.78 Å². The van der Waals surface area contributed by atoms with Crippen LogP contribution < -0.4 is 5.73 Å². The second kappa shape index (κ2) is 6.15. The van der Waals surface area contributed by atoms with E-state index in [2.05, 4.69) is 20.8 Å². The summed E-state index contributed by atoms with van der Waals surface area (Å²) in [5, 5.41) is 0.890. The van der Waals surface area contributed by atoms with Crippen LogP contribution in [0, 0.1) is 11.3 Å². The second-order valence-corrected chi connectivity index (χ2v) is 7.06. The van der Waals surface area contributed by atoms with Gasteiger partial charge in [-0.1, -0.05) is 44.0 Å². The molecule has 19 heavy (non-hydrogen) atoms. The first kappa shape index (κ1) is 16.3. The third-order valence-corrected chi connectivity index (χ3v) is 3.68. The molecule has 0 aliphatic heterocycles. The summed E-state index contributed by atoms with van der Waals surface area (Å²) < 4.78 is 0. The highest BCUT2D eigenvalue weighted by Crippen LogP contribution is 2.32. The van der Waals surface area contributed by atoms with Crippen molar-refractivity contribution < 1.29 is 4.79 Å². The molecule has 1 rings (SSSR count). The quantitative estimate of drug-likeness (QED) is 0.815. The van der Waals surface area contributed by atoms with Crippen LogP contribution in [0.2, 0.25) is 10.0 Å². The molecule has 1 aromatic carbocycles. The monoisotopic (exact) mass is 301 g/mol. The topological polar surface area (TPSA) is 43.1 Å². The van der Waals surface area contributed by atoms with E-state index in [1.807, 2.05) is 0 Å². The van der Waals surface area contributed by atoms with Crippen molar-refractivity contribution in [2.24, 2.45) is 11.3 Å². The van der Waals surface area contributed by atoms with Crippen molar-refractivity contribution in [2.75, 3.05) is 5.73 Å². The standard InChI is InChI=1S/C15H21Cl2NO/c1-9(19)11(8-15(2,3)4)5-10-6-12(16)14(18)13(17)7-10/h6-7,11H,5,8,18H2,1-4H3. The Morgan fingerprint density at radius 3 is 2.11 bits per heavy atom. The van der Waals surface area contributed by atoms with E-state index >= 15 is 0 Å². The van der Waals surface area contributed by atoms with Gasteiger partial charge < -0.3 is 5.73 Å². The average molecular weight is 302 g/mol. The Balaban J connectivity index is 2.94. The number of nitrogen functional groups attached to an aromatic ring is 1. The van der Waals surface area contributed by atoms with Gasteiger partial charge in [0.15, 0.2) is 0 Å². The van der Waals surface area contributed by atoms with Gasteiger partial charge in [0.2, 0.25) is 0 Å². The highest BCUT2D eigenvalue weighted by atomic mass is 35.5. The van der Waals surface area contributed by atoms with Crippen LogP contribution in [0.25, 0.3) is 0 Å². The molecule has 2 N–H and O–H groups in total. The molecule has 0 aromatic heterocycles. The number of carbonyl (C=O) groups is 1. The smallest absolute Gasteiger partial charge is 0.133 e. The number of ketones is 1. The Morgan fingerprint density at radius 1 is 1.26 bits per heavy atom. The van der Waals surface area contributed by atoms with Gasteiger partial charge in [0.05, 0.1) is 15.7 Å². The Kier molecular flexibility index (Phi) is 5.28. The van der Waals surface area contributed by atoms with Crippen LogP contribution in [0.15, 0.2) is 12.1 Å². The molecule has 0 aliphatic carbocycles. The molecule has 0 saturated heterocycles. The van der Waals surface area contributed by atoms with Gasteiger partial charge in [-0.15, -0.1) is 0 Å². The summed E-state index contributed by atoms with van der Waals surface area (Å²) in [5.41, 5.74) is 7.16. The lowest BCUT2D eigenvalue weighted by Crippen LogP contribution is -2.21. The molecule has 2 nitrogen and oxygen atoms in total. The molecule has 4 heteroatoms. The molecule has 0 heterocycles. The zero-order valence-electron chi connectivity index (χ0n) is 11.9. The Hall–Kier alpha value is -0.730. The molecule has 0 bridgehead atoms. The lowest BCUT2D eigenvalue weighted by atomic mass is 9.80. The lowest BCUT2D eigenvalue weighted by molar-refractivity contribution is -0.121. The van der Waals surface area contributed by atoms with Gasteiger partial charge in [0.25, 0.3) is 0 Å². The molecule has 0 radical (unpaired) electrons. The third kappa shape index (κ3) is 5.04. The Bertz CT molecular complexity index is 455. The minimum absolute atomic E-state index is 0.0178. The van der Waals surface area contributed by atoms with Crippen LogP contribution in [-0.2, 0) is 11.2 Å². The predicted octanol–water partition coefficient (Wildman–Crippen LogP) is 4.76. The number of hydrogen-bond donors (Lipinski definition) is 1. The first-order chi connectivity index (χ1) is 8.60. The van der Waals surface area contributed by atoms with Gasteiger partial charge in [-0.25, -0.2) is 0 Å². The van der Waals surface area contributed by atoms with Crippen LogP contribution in [0.5, 0.6) is 0 Å². The van der Waals surface area contributed by atoms with Crippen molar-refractivity contribution in [2.45, 2.75) is 40.5 Å². The number of carbonyl (C=O) groups excluding carboxylic acids is 1. The Labute approximate surface area is 125 Å². The molecule has 0 aliphatic rings. The SMILES string of the molecule is CC(=O)C(Cc1cc(Cl)c(N)c(Cl)c1)CC(C)(C)C. The third-order valence-electron chi connectivity index (χ3n) is 3.05. The van der Waals surface area contributed by atoms with E-state index in [9.17, 15) is 4.79 Å². The van der Waals surface area contributed by atoms with Gasteiger partial charge in [-0.3, -0.25) is 4.79 Å². The summed E-state index contributed by atoms with van der Waals surface area (Å²) >= 11 is 12.0. The van der Waals surface area contributed by atoms with Crippen molar-refractivity contribution in [1.29, 1.82) is 0 Å². The fraction of sp³-hybridized carbons (Fsp3) is 0.533. The first-order valence-electron chi connectivity index (χ1n) is 6.34. The van der Waals surface area contributed by atoms with Crippen molar-refractivity contribution in [3.63, 3.8) is 0 Å². The summed E-state index contributed by atoms with van der Waals surface area (Å²) in [6.07, 6.45) is 1.48. The van der Waals surface area contributed by atoms with E-state index in [1.54, 1.807) is 19.1 Å². The van der Waals surface area contributed by atoms with E-state index in [-0.39, 0.29) is 17.1 Å². The van der Waals surface area contributed by atoms with Crippen molar-refractivity contribution in [3.8, 4) is 0 Å². The maximum Gasteiger partial charge on any atom is 0.133 e. The molecule has 0 spiro atoms.